The molecule has 5 N–H and O–H groups in total. The Balaban J connectivity index is 2.23. The Morgan fingerprint density at radius 2 is 1.70 bits per heavy atom. The van der Waals surface area contributed by atoms with Crippen molar-refractivity contribution >= 4 is 28.3 Å². The van der Waals surface area contributed by atoms with Gasteiger partial charge in [0.25, 0.3) is 0 Å². The van der Waals surface area contributed by atoms with Crippen molar-refractivity contribution in [2.75, 3.05) is 11.5 Å². The Morgan fingerprint density at radius 3 is 2.44 bits per heavy atom. The molecule has 0 radical (unpaired) electrons. The van der Waals surface area contributed by atoms with Gasteiger partial charge < -0.3 is 26.1 Å². The van der Waals surface area contributed by atoms with Crippen molar-refractivity contribution < 1.29 is 19.4 Å². The van der Waals surface area contributed by atoms with E-state index in [-0.39, 0.29) is 39.5 Å². The number of carboxylic acids is 1. The minimum Gasteiger partial charge on any atom is -0.872 e. The summed E-state index contributed by atoms with van der Waals surface area (Å²) >= 11 is 0. The summed E-state index contributed by atoms with van der Waals surface area (Å²) in [6.45, 7) is 0. The van der Waals surface area contributed by atoms with Gasteiger partial charge in [0.15, 0.2) is 5.43 Å². The molecule has 27 heavy (non-hydrogen) atoms. The second kappa shape index (κ2) is 5.77. The van der Waals surface area contributed by atoms with E-state index in [1.165, 1.54) is 36.4 Å². The van der Waals surface area contributed by atoms with Gasteiger partial charge in [-0.25, -0.2) is 4.79 Å². The van der Waals surface area contributed by atoms with Crippen LogP contribution in [0.25, 0.3) is 33.4 Å². The zero-order valence-electron chi connectivity index (χ0n) is 13.9. The summed E-state index contributed by atoms with van der Waals surface area (Å²) in [5.41, 5.74) is 13.3. The van der Waals surface area contributed by atoms with Crippen LogP contribution in [0.3, 0.4) is 0 Å². The third-order valence-electron chi connectivity index (χ3n) is 4.39. The van der Waals surface area contributed by atoms with Crippen LogP contribution in [0.1, 0.15) is 10.4 Å². The summed E-state index contributed by atoms with van der Waals surface area (Å²) < 4.78 is 5.72. The third-order valence-corrected chi connectivity index (χ3v) is 4.39. The van der Waals surface area contributed by atoms with E-state index >= 15 is 0 Å². The van der Waals surface area contributed by atoms with Crippen molar-refractivity contribution in [2.45, 2.75) is 0 Å². The van der Waals surface area contributed by atoms with E-state index in [1.54, 1.807) is 12.1 Å². The predicted molar refractivity (Wildman–Crippen MR) is 99.8 cm³/mol. The number of anilines is 2. The van der Waals surface area contributed by atoms with Crippen LogP contribution in [0.5, 0.6) is 5.75 Å². The molecule has 7 heteroatoms. The summed E-state index contributed by atoms with van der Waals surface area (Å²) in [6.07, 6.45) is 0. The molecule has 0 bridgehead atoms. The molecule has 0 spiro atoms. The van der Waals surface area contributed by atoms with Crippen LogP contribution in [-0.2, 0) is 0 Å². The lowest BCUT2D eigenvalue weighted by Gasteiger charge is -2.18. The summed E-state index contributed by atoms with van der Waals surface area (Å²) in [5.74, 6) is -1.22. The highest BCUT2D eigenvalue weighted by Crippen LogP contribution is 2.43. The Labute approximate surface area is 152 Å². The Bertz CT molecular complexity index is 1260. The van der Waals surface area contributed by atoms with Gasteiger partial charge in [-0.1, -0.05) is 12.1 Å². The molecule has 1 aliphatic heterocycles. The average Bonchev–Trinajstić information content (AvgIpc) is 2.61. The van der Waals surface area contributed by atoms with Crippen molar-refractivity contribution in [1.29, 1.82) is 0 Å². The van der Waals surface area contributed by atoms with Gasteiger partial charge in [-0.05, 0) is 35.9 Å². The van der Waals surface area contributed by atoms with Gasteiger partial charge >= 0.3 is 5.97 Å². The highest BCUT2D eigenvalue weighted by atomic mass is 16.4. The number of carboxylic acid groups (broad SMARTS) is 1. The first-order valence-electron chi connectivity index (χ1n) is 7.95. The number of carbonyl (C=O) groups is 1. The van der Waals surface area contributed by atoms with Gasteiger partial charge in [-0.15, -0.1) is 5.75 Å². The standard InChI is InChI=1S/C20H14N2O5/c21-15-7-13(14(20(25)26)8-16(15)22)19-11-3-1-9(23)5-17(11)27-18-6-10(24)2-4-12(18)19/h1-8,23H,21-22H2,(H,25,26)/p-1. The number of aromatic carboxylic acids is 1. The highest BCUT2D eigenvalue weighted by molar-refractivity contribution is 6.08. The molecule has 1 aliphatic carbocycles. The highest BCUT2D eigenvalue weighted by Gasteiger charge is 2.22. The first-order chi connectivity index (χ1) is 12.8. The van der Waals surface area contributed by atoms with E-state index in [4.69, 9.17) is 15.9 Å². The second-order valence-electron chi connectivity index (χ2n) is 6.12. The van der Waals surface area contributed by atoms with Gasteiger partial charge in [-0.2, -0.15) is 0 Å². The van der Waals surface area contributed by atoms with Crippen LogP contribution in [0.2, 0.25) is 0 Å². The first kappa shape index (κ1) is 16.5. The predicted octanol–water partition coefficient (Wildman–Crippen LogP) is 2.50. The van der Waals surface area contributed by atoms with Crippen LogP contribution in [0, 0.1) is 0 Å². The number of nitrogen functional groups attached to an aromatic ring is 2. The van der Waals surface area contributed by atoms with Gasteiger partial charge in [0.2, 0.25) is 0 Å². The largest absolute Gasteiger partial charge is 0.872 e. The Morgan fingerprint density at radius 1 is 0.963 bits per heavy atom. The number of hydrogen-bond donors (Lipinski definition) is 3. The second-order valence-corrected chi connectivity index (χ2v) is 6.12. The van der Waals surface area contributed by atoms with E-state index in [0.717, 1.165) is 0 Å². The van der Waals surface area contributed by atoms with Gasteiger partial charge in [0.05, 0.1) is 16.9 Å². The lowest BCUT2D eigenvalue weighted by Crippen LogP contribution is -2.06. The Kier molecular flexibility index (Phi) is 3.52. The molecule has 0 fully saturated rings. The lowest BCUT2D eigenvalue weighted by molar-refractivity contribution is -0.268. The fraction of sp³-hybridized carbons (Fsp3) is 0. The van der Waals surface area contributed by atoms with Crippen LogP contribution >= 0.6 is 0 Å². The quantitative estimate of drug-likeness (QED) is 0.368. The molecule has 4 rings (SSSR count). The molecule has 0 saturated carbocycles. The number of benzene rings is 3. The molecule has 0 aromatic heterocycles. The van der Waals surface area contributed by atoms with Gasteiger partial charge in [0.1, 0.15) is 11.3 Å². The summed E-state index contributed by atoms with van der Waals surface area (Å²) in [4.78, 5) is 23.6. The summed E-state index contributed by atoms with van der Waals surface area (Å²) in [6, 6.07) is 11.2. The molecule has 0 amide bonds. The minimum absolute atomic E-state index is 0.0482. The van der Waals surface area contributed by atoms with Crippen LogP contribution in [0.4, 0.5) is 11.4 Å². The maximum Gasteiger partial charge on any atom is 0.336 e. The van der Waals surface area contributed by atoms with E-state index in [1.807, 2.05) is 0 Å². The minimum atomic E-state index is -1.18. The topological polar surface area (TPSA) is 143 Å². The lowest BCUT2D eigenvalue weighted by atomic mass is 9.90. The zero-order chi connectivity index (χ0) is 19.3. The molecular formula is C20H13N2O5-. The smallest absolute Gasteiger partial charge is 0.336 e. The van der Waals surface area contributed by atoms with Gasteiger partial charge in [-0.3, -0.25) is 4.79 Å². The molecule has 0 unspecified atom stereocenters. The van der Waals surface area contributed by atoms with Gasteiger partial charge in [0, 0.05) is 22.6 Å². The molecule has 2 aromatic carbocycles. The fourth-order valence-corrected chi connectivity index (χ4v) is 3.16. The van der Waals surface area contributed by atoms with E-state index in [0.29, 0.717) is 22.1 Å². The molecular weight excluding hydrogens is 348 g/mol. The first-order valence-corrected chi connectivity index (χ1v) is 7.95. The molecule has 134 valence electrons. The Hall–Kier alpha value is -4.00. The molecule has 1 heterocycles. The maximum absolute atomic E-state index is 11.8. The van der Waals surface area contributed by atoms with Crippen LogP contribution in [0.15, 0.2) is 57.7 Å². The maximum atomic E-state index is 11.8. The third kappa shape index (κ3) is 2.62. The molecule has 2 aliphatic rings. The van der Waals surface area contributed by atoms with Crippen molar-refractivity contribution in [3.63, 3.8) is 0 Å². The van der Waals surface area contributed by atoms with Crippen molar-refractivity contribution in [1.82, 2.24) is 0 Å². The SMILES string of the molecule is Nc1cc(C(=O)O)c(-c2c3ccc(=O)cc-3oc3cc([O-])ccc23)cc1N. The van der Waals surface area contributed by atoms with Crippen LogP contribution in [-0.4, -0.2) is 11.1 Å². The number of nitrogens with two attached hydrogens (primary N) is 2. The summed E-state index contributed by atoms with van der Waals surface area (Å²) in [7, 11) is 0. The van der Waals surface area contributed by atoms with E-state index in [2.05, 4.69) is 0 Å². The number of rotatable bonds is 2. The van der Waals surface area contributed by atoms with Crippen molar-refractivity contribution in [3.05, 3.63) is 64.3 Å². The van der Waals surface area contributed by atoms with Crippen LogP contribution < -0.4 is 22.0 Å². The summed E-state index contributed by atoms with van der Waals surface area (Å²) in [5, 5.41) is 21.9. The molecule has 2 aromatic rings. The molecule has 0 atom stereocenters. The average molecular weight is 361 g/mol. The molecule has 7 nitrogen and oxygen atoms in total. The monoisotopic (exact) mass is 361 g/mol. The molecule has 0 saturated heterocycles. The zero-order valence-corrected chi connectivity index (χ0v) is 13.9. The van der Waals surface area contributed by atoms with E-state index < -0.39 is 5.97 Å². The van der Waals surface area contributed by atoms with E-state index in [9.17, 15) is 19.8 Å². The number of fused-ring (bicyclic) bond motifs is 2. The number of hydrogen-bond acceptors (Lipinski definition) is 6. The fourth-order valence-electron chi connectivity index (χ4n) is 3.16. The van der Waals surface area contributed by atoms with Crippen molar-refractivity contribution in [2.24, 2.45) is 0 Å². The normalized spacial score (nSPS) is 11.1. The van der Waals surface area contributed by atoms with Crippen molar-refractivity contribution in [3.8, 4) is 28.2 Å².